The molecule has 0 saturated carbocycles. The van der Waals surface area contributed by atoms with Crippen LogP contribution in [0.4, 0.5) is 4.39 Å². The number of hydrogen-bond donors (Lipinski definition) is 2. The summed E-state index contributed by atoms with van der Waals surface area (Å²) in [7, 11) is 0. The maximum Gasteiger partial charge on any atom is 0.260 e. The second kappa shape index (κ2) is 6.07. The summed E-state index contributed by atoms with van der Waals surface area (Å²) >= 11 is 0. The van der Waals surface area contributed by atoms with E-state index < -0.39 is 11.9 Å². The van der Waals surface area contributed by atoms with Gasteiger partial charge in [0, 0.05) is 19.2 Å². The number of nitrogens with two attached hydrogens (primary N) is 1. The predicted molar refractivity (Wildman–Crippen MR) is 58.6 cm³/mol. The van der Waals surface area contributed by atoms with E-state index >= 15 is 0 Å². The van der Waals surface area contributed by atoms with Crippen molar-refractivity contribution in [2.24, 2.45) is 5.73 Å². The summed E-state index contributed by atoms with van der Waals surface area (Å²) in [4.78, 5) is 11.4. The molecule has 0 aromatic heterocycles. The summed E-state index contributed by atoms with van der Waals surface area (Å²) in [6.45, 7) is 2.37. The lowest BCUT2D eigenvalue weighted by atomic mass is 10.3. The smallest absolute Gasteiger partial charge is 0.260 e. The maximum atomic E-state index is 12.8. The third-order valence-electron chi connectivity index (χ3n) is 1.92. The average Bonchev–Trinajstić information content (AvgIpc) is 2.25. The Bertz CT molecular complexity index is 358. The fraction of sp³-hybridized carbons (Fsp3) is 0.364. The van der Waals surface area contributed by atoms with Gasteiger partial charge in [-0.2, -0.15) is 0 Å². The van der Waals surface area contributed by atoms with Crippen LogP contribution < -0.4 is 15.8 Å². The molecule has 1 rings (SSSR count). The number of nitrogens with one attached hydrogen (secondary N) is 1. The molecule has 3 N–H and O–H groups in total. The number of hydrogen-bond acceptors (Lipinski definition) is 3. The zero-order valence-electron chi connectivity index (χ0n) is 9.07. The highest BCUT2D eigenvalue weighted by atomic mass is 19.1. The number of rotatable bonds is 5. The Morgan fingerprint density at radius 2 is 2.38 bits per heavy atom. The predicted octanol–water partition coefficient (Wildman–Crippen LogP) is 0.668. The van der Waals surface area contributed by atoms with Crippen LogP contribution in [0.2, 0.25) is 0 Å². The van der Waals surface area contributed by atoms with Crippen molar-refractivity contribution in [3.63, 3.8) is 0 Å². The van der Waals surface area contributed by atoms with Crippen LogP contribution in [-0.4, -0.2) is 25.1 Å². The van der Waals surface area contributed by atoms with Gasteiger partial charge in [0.2, 0.25) is 0 Å². The standard InChI is InChI=1S/C11H15FN2O2/c1-8(11(15)14-6-5-13)16-10-4-2-3-9(12)7-10/h2-4,7-8H,5-6,13H2,1H3,(H,14,15). The van der Waals surface area contributed by atoms with E-state index in [1.165, 1.54) is 18.2 Å². The minimum absolute atomic E-state index is 0.269. The van der Waals surface area contributed by atoms with Gasteiger partial charge >= 0.3 is 0 Å². The molecule has 88 valence electrons. The Morgan fingerprint density at radius 1 is 1.62 bits per heavy atom. The van der Waals surface area contributed by atoms with Crippen LogP contribution >= 0.6 is 0 Å². The van der Waals surface area contributed by atoms with Crippen LogP contribution in [0.15, 0.2) is 24.3 Å². The van der Waals surface area contributed by atoms with E-state index in [2.05, 4.69) is 5.32 Å². The SMILES string of the molecule is CC(Oc1cccc(F)c1)C(=O)NCCN. The van der Waals surface area contributed by atoms with E-state index in [1.807, 2.05) is 0 Å². The Labute approximate surface area is 93.6 Å². The Morgan fingerprint density at radius 3 is 3.00 bits per heavy atom. The molecule has 0 radical (unpaired) electrons. The molecule has 0 heterocycles. The van der Waals surface area contributed by atoms with Crippen molar-refractivity contribution in [1.82, 2.24) is 5.32 Å². The van der Waals surface area contributed by atoms with Crippen molar-refractivity contribution in [3.05, 3.63) is 30.1 Å². The Hall–Kier alpha value is -1.62. The zero-order chi connectivity index (χ0) is 12.0. The summed E-state index contributed by atoms with van der Waals surface area (Å²) in [5.41, 5.74) is 5.24. The van der Waals surface area contributed by atoms with E-state index in [4.69, 9.17) is 10.5 Å². The highest BCUT2D eigenvalue weighted by Crippen LogP contribution is 2.13. The highest BCUT2D eigenvalue weighted by molar-refractivity contribution is 5.80. The summed E-state index contributed by atoms with van der Waals surface area (Å²) < 4.78 is 18.1. The highest BCUT2D eigenvalue weighted by Gasteiger charge is 2.13. The minimum atomic E-state index is -0.673. The van der Waals surface area contributed by atoms with Gasteiger partial charge in [-0.3, -0.25) is 4.79 Å². The van der Waals surface area contributed by atoms with Crippen molar-refractivity contribution in [1.29, 1.82) is 0 Å². The Kier molecular flexibility index (Phi) is 4.72. The summed E-state index contributed by atoms with van der Waals surface area (Å²) in [6.07, 6.45) is -0.673. The average molecular weight is 226 g/mol. The van der Waals surface area contributed by atoms with E-state index in [1.54, 1.807) is 13.0 Å². The largest absolute Gasteiger partial charge is 0.481 e. The van der Waals surface area contributed by atoms with E-state index in [0.717, 1.165) is 0 Å². The molecular weight excluding hydrogens is 211 g/mol. The first-order valence-corrected chi connectivity index (χ1v) is 5.03. The number of benzene rings is 1. The molecule has 1 unspecified atom stereocenters. The normalized spacial score (nSPS) is 11.9. The van der Waals surface area contributed by atoms with Gasteiger partial charge in [-0.25, -0.2) is 4.39 Å². The summed E-state index contributed by atoms with van der Waals surface area (Å²) in [5.74, 6) is -0.336. The molecule has 5 heteroatoms. The third-order valence-corrected chi connectivity index (χ3v) is 1.92. The number of halogens is 1. The third kappa shape index (κ3) is 3.86. The minimum Gasteiger partial charge on any atom is -0.481 e. The second-order valence-corrected chi connectivity index (χ2v) is 3.30. The number of ether oxygens (including phenoxy) is 1. The molecule has 0 aliphatic rings. The van der Waals surface area contributed by atoms with Gasteiger partial charge in [0.1, 0.15) is 11.6 Å². The van der Waals surface area contributed by atoms with Crippen LogP contribution in [0.1, 0.15) is 6.92 Å². The second-order valence-electron chi connectivity index (χ2n) is 3.30. The molecule has 4 nitrogen and oxygen atoms in total. The zero-order valence-corrected chi connectivity index (χ0v) is 9.07. The lowest BCUT2D eigenvalue weighted by Crippen LogP contribution is -2.38. The molecule has 0 saturated heterocycles. The van der Waals surface area contributed by atoms with Crippen molar-refractivity contribution in [2.45, 2.75) is 13.0 Å². The number of amides is 1. The van der Waals surface area contributed by atoms with Gasteiger partial charge in [0.15, 0.2) is 6.10 Å². The van der Waals surface area contributed by atoms with Crippen molar-refractivity contribution in [2.75, 3.05) is 13.1 Å². The topological polar surface area (TPSA) is 64.3 Å². The van der Waals surface area contributed by atoms with E-state index in [9.17, 15) is 9.18 Å². The fourth-order valence-electron chi connectivity index (χ4n) is 1.14. The van der Waals surface area contributed by atoms with E-state index in [0.29, 0.717) is 18.8 Å². The van der Waals surface area contributed by atoms with Gasteiger partial charge in [0.05, 0.1) is 0 Å². The van der Waals surface area contributed by atoms with Gasteiger partial charge in [0.25, 0.3) is 5.91 Å². The molecule has 0 aliphatic heterocycles. The Balaban J connectivity index is 2.50. The number of carbonyl (C=O) groups is 1. The number of carbonyl (C=O) groups excluding carboxylic acids is 1. The van der Waals surface area contributed by atoms with Crippen LogP contribution in [0.25, 0.3) is 0 Å². The summed E-state index contributed by atoms with van der Waals surface area (Å²) in [5, 5.41) is 2.58. The first kappa shape index (κ1) is 12.4. The van der Waals surface area contributed by atoms with Crippen LogP contribution in [0, 0.1) is 5.82 Å². The van der Waals surface area contributed by atoms with Crippen LogP contribution in [-0.2, 0) is 4.79 Å². The van der Waals surface area contributed by atoms with Gasteiger partial charge in [-0.05, 0) is 19.1 Å². The first-order valence-electron chi connectivity index (χ1n) is 5.03. The molecule has 1 aromatic rings. The van der Waals surface area contributed by atoms with Crippen molar-refractivity contribution in [3.8, 4) is 5.75 Å². The molecule has 0 aliphatic carbocycles. The van der Waals surface area contributed by atoms with Gasteiger partial charge in [-0.15, -0.1) is 0 Å². The van der Waals surface area contributed by atoms with Crippen LogP contribution in [0.3, 0.4) is 0 Å². The molecule has 0 spiro atoms. The monoisotopic (exact) mass is 226 g/mol. The van der Waals surface area contributed by atoms with Crippen molar-refractivity contribution >= 4 is 5.91 Å². The van der Waals surface area contributed by atoms with Crippen molar-refractivity contribution < 1.29 is 13.9 Å². The van der Waals surface area contributed by atoms with Gasteiger partial charge in [-0.1, -0.05) is 6.07 Å². The molecule has 0 bridgehead atoms. The molecule has 0 fully saturated rings. The molecule has 16 heavy (non-hydrogen) atoms. The van der Waals surface area contributed by atoms with Gasteiger partial charge < -0.3 is 15.8 Å². The lowest BCUT2D eigenvalue weighted by molar-refractivity contribution is -0.127. The fourth-order valence-corrected chi connectivity index (χ4v) is 1.14. The van der Waals surface area contributed by atoms with Crippen LogP contribution in [0.5, 0.6) is 5.75 Å². The lowest BCUT2D eigenvalue weighted by Gasteiger charge is -2.14. The quantitative estimate of drug-likeness (QED) is 0.775. The molecule has 1 atom stereocenters. The molecule has 1 amide bonds. The molecular formula is C11H15FN2O2. The maximum absolute atomic E-state index is 12.8. The first-order chi connectivity index (χ1) is 7.63. The molecule has 1 aromatic carbocycles. The summed E-state index contributed by atoms with van der Waals surface area (Å²) in [6, 6.07) is 5.66. The van der Waals surface area contributed by atoms with E-state index in [-0.39, 0.29) is 5.91 Å².